The van der Waals surface area contributed by atoms with Gasteiger partial charge in [0.25, 0.3) is 5.91 Å². The first kappa shape index (κ1) is 18.5. The SMILES string of the molecule is Cc1ccc(OCC(=O)Nc2cc(C(N)=O)ccc2CN(C)C)cc1. The first-order valence-electron chi connectivity index (χ1n) is 7.92. The third-order valence-electron chi connectivity index (χ3n) is 3.55. The van der Waals surface area contributed by atoms with Crippen LogP contribution >= 0.6 is 0 Å². The van der Waals surface area contributed by atoms with Crippen LogP contribution in [0.25, 0.3) is 0 Å². The van der Waals surface area contributed by atoms with Crippen molar-refractivity contribution in [1.82, 2.24) is 4.90 Å². The molecule has 0 aliphatic heterocycles. The predicted molar refractivity (Wildman–Crippen MR) is 97.7 cm³/mol. The highest BCUT2D eigenvalue weighted by Gasteiger charge is 2.11. The van der Waals surface area contributed by atoms with Gasteiger partial charge in [-0.25, -0.2) is 0 Å². The van der Waals surface area contributed by atoms with Crippen molar-refractivity contribution in [2.45, 2.75) is 13.5 Å². The zero-order valence-electron chi connectivity index (χ0n) is 14.7. The van der Waals surface area contributed by atoms with E-state index in [1.807, 2.05) is 50.2 Å². The Morgan fingerprint density at radius 2 is 1.80 bits per heavy atom. The molecule has 3 N–H and O–H groups in total. The van der Waals surface area contributed by atoms with Crippen molar-refractivity contribution in [2.24, 2.45) is 5.73 Å². The van der Waals surface area contributed by atoms with Crippen molar-refractivity contribution < 1.29 is 14.3 Å². The molecule has 2 aromatic rings. The number of primary amides is 1. The topological polar surface area (TPSA) is 84.7 Å². The summed E-state index contributed by atoms with van der Waals surface area (Å²) in [6.45, 7) is 2.48. The number of benzene rings is 2. The van der Waals surface area contributed by atoms with E-state index < -0.39 is 5.91 Å². The summed E-state index contributed by atoms with van der Waals surface area (Å²) in [6, 6.07) is 12.5. The molecule has 0 heterocycles. The summed E-state index contributed by atoms with van der Waals surface area (Å²) in [7, 11) is 3.85. The van der Waals surface area contributed by atoms with Crippen molar-refractivity contribution in [3.8, 4) is 5.75 Å². The van der Waals surface area contributed by atoms with Crippen LogP contribution in [0.2, 0.25) is 0 Å². The van der Waals surface area contributed by atoms with E-state index >= 15 is 0 Å². The lowest BCUT2D eigenvalue weighted by Gasteiger charge is -2.16. The van der Waals surface area contributed by atoms with E-state index in [4.69, 9.17) is 10.5 Å². The molecule has 0 saturated heterocycles. The molecule has 6 nitrogen and oxygen atoms in total. The Labute approximate surface area is 147 Å². The molecular formula is C19H23N3O3. The molecule has 0 aliphatic rings. The highest BCUT2D eigenvalue weighted by Crippen LogP contribution is 2.19. The van der Waals surface area contributed by atoms with Gasteiger partial charge in [-0.3, -0.25) is 9.59 Å². The van der Waals surface area contributed by atoms with Crippen molar-refractivity contribution in [1.29, 1.82) is 0 Å². The Morgan fingerprint density at radius 3 is 2.40 bits per heavy atom. The molecule has 6 heteroatoms. The molecule has 0 unspecified atom stereocenters. The van der Waals surface area contributed by atoms with Gasteiger partial charge in [0.15, 0.2) is 6.61 Å². The van der Waals surface area contributed by atoms with Crippen molar-refractivity contribution in [3.05, 3.63) is 59.2 Å². The lowest BCUT2D eigenvalue weighted by molar-refractivity contribution is -0.118. The minimum Gasteiger partial charge on any atom is -0.484 e. The standard InChI is InChI=1S/C19H23N3O3/c1-13-4-8-16(9-5-13)25-12-18(23)21-17-10-14(19(20)24)6-7-15(17)11-22(2)3/h4-10H,11-12H2,1-3H3,(H2,20,24)(H,21,23). The van der Waals surface area contributed by atoms with Crippen LogP contribution in [-0.2, 0) is 11.3 Å². The number of nitrogens with one attached hydrogen (secondary N) is 1. The molecule has 0 radical (unpaired) electrons. The van der Waals surface area contributed by atoms with Gasteiger partial charge in [-0.15, -0.1) is 0 Å². The van der Waals surface area contributed by atoms with E-state index in [1.165, 1.54) is 0 Å². The molecule has 0 bridgehead atoms. The number of carbonyl (C=O) groups excluding carboxylic acids is 2. The van der Waals surface area contributed by atoms with Gasteiger partial charge in [0.05, 0.1) is 0 Å². The van der Waals surface area contributed by atoms with Crippen LogP contribution in [-0.4, -0.2) is 37.4 Å². The molecule has 0 spiro atoms. The van der Waals surface area contributed by atoms with E-state index in [1.54, 1.807) is 18.2 Å². The number of hydrogen-bond donors (Lipinski definition) is 2. The molecule has 2 rings (SSSR count). The van der Waals surface area contributed by atoms with Gasteiger partial charge < -0.3 is 20.7 Å². The van der Waals surface area contributed by atoms with E-state index in [-0.39, 0.29) is 12.5 Å². The fourth-order valence-electron chi connectivity index (χ4n) is 2.29. The molecule has 132 valence electrons. The quantitative estimate of drug-likeness (QED) is 0.808. The van der Waals surface area contributed by atoms with Gasteiger partial charge in [-0.2, -0.15) is 0 Å². The fraction of sp³-hybridized carbons (Fsp3) is 0.263. The normalized spacial score (nSPS) is 10.6. The monoisotopic (exact) mass is 341 g/mol. The summed E-state index contributed by atoms with van der Waals surface area (Å²) >= 11 is 0. The number of ether oxygens (including phenoxy) is 1. The third-order valence-corrected chi connectivity index (χ3v) is 3.55. The Balaban J connectivity index is 2.08. The van der Waals surface area contributed by atoms with E-state index in [2.05, 4.69) is 5.32 Å². The summed E-state index contributed by atoms with van der Waals surface area (Å²) in [5, 5.41) is 2.79. The number of hydrogen-bond acceptors (Lipinski definition) is 4. The molecule has 0 fully saturated rings. The van der Waals surface area contributed by atoms with E-state index in [9.17, 15) is 9.59 Å². The van der Waals surface area contributed by atoms with Gasteiger partial charge in [0, 0.05) is 17.8 Å². The Hall–Kier alpha value is -2.86. The number of anilines is 1. The summed E-state index contributed by atoms with van der Waals surface area (Å²) < 4.78 is 5.48. The zero-order valence-corrected chi connectivity index (χ0v) is 14.7. The van der Waals surface area contributed by atoms with Gasteiger partial charge in [-0.05, 0) is 50.8 Å². The molecule has 2 aromatic carbocycles. The smallest absolute Gasteiger partial charge is 0.262 e. The number of nitrogens with two attached hydrogens (primary N) is 1. The second kappa shape index (κ2) is 8.30. The van der Waals surface area contributed by atoms with Crippen molar-refractivity contribution in [2.75, 3.05) is 26.0 Å². The lowest BCUT2D eigenvalue weighted by atomic mass is 10.1. The number of aryl methyl sites for hydroxylation is 1. The summed E-state index contributed by atoms with van der Waals surface area (Å²) in [4.78, 5) is 25.6. The second-order valence-corrected chi connectivity index (χ2v) is 6.12. The molecule has 0 saturated carbocycles. The molecular weight excluding hydrogens is 318 g/mol. The highest BCUT2D eigenvalue weighted by molar-refractivity contribution is 5.97. The fourth-order valence-corrected chi connectivity index (χ4v) is 2.29. The van der Waals surface area contributed by atoms with Crippen LogP contribution in [0.15, 0.2) is 42.5 Å². The molecule has 0 aromatic heterocycles. The number of rotatable bonds is 7. The number of carbonyl (C=O) groups is 2. The third kappa shape index (κ3) is 5.61. The highest BCUT2D eigenvalue weighted by atomic mass is 16.5. The van der Waals surface area contributed by atoms with Crippen molar-refractivity contribution >= 4 is 17.5 Å². The van der Waals surface area contributed by atoms with Gasteiger partial charge >= 0.3 is 0 Å². The minimum absolute atomic E-state index is 0.120. The maximum absolute atomic E-state index is 12.2. The Morgan fingerprint density at radius 1 is 1.12 bits per heavy atom. The summed E-state index contributed by atoms with van der Waals surface area (Å²) in [5.74, 6) is -0.217. The van der Waals surface area contributed by atoms with E-state index in [0.29, 0.717) is 23.5 Å². The van der Waals surface area contributed by atoms with Gasteiger partial charge in [0.1, 0.15) is 5.75 Å². The molecule has 0 aliphatic carbocycles. The van der Waals surface area contributed by atoms with E-state index in [0.717, 1.165) is 11.1 Å². The molecule has 0 atom stereocenters. The van der Waals surface area contributed by atoms with Crippen LogP contribution in [0.5, 0.6) is 5.75 Å². The second-order valence-electron chi connectivity index (χ2n) is 6.12. The van der Waals surface area contributed by atoms with Crippen LogP contribution < -0.4 is 15.8 Å². The molecule has 25 heavy (non-hydrogen) atoms. The van der Waals surface area contributed by atoms with Crippen LogP contribution in [0.3, 0.4) is 0 Å². The average Bonchev–Trinajstić information content (AvgIpc) is 2.55. The predicted octanol–water partition coefficient (Wildman–Crippen LogP) is 2.17. The maximum atomic E-state index is 12.2. The Bertz CT molecular complexity index is 755. The van der Waals surface area contributed by atoms with Gasteiger partial charge in [0.2, 0.25) is 5.91 Å². The van der Waals surface area contributed by atoms with Crippen LogP contribution in [0.1, 0.15) is 21.5 Å². The van der Waals surface area contributed by atoms with Gasteiger partial charge in [-0.1, -0.05) is 23.8 Å². The maximum Gasteiger partial charge on any atom is 0.262 e. The zero-order chi connectivity index (χ0) is 18.4. The summed E-state index contributed by atoms with van der Waals surface area (Å²) in [6.07, 6.45) is 0. The number of amides is 2. The summed E-state index contributed by atoms with van der Waals surface area (Å²) in [5.41, 5.74) is 8.23. The first-order chi connectivity index (χ1) is 11.8. The van der Waals surface area contributed by atoms with Crippen LogP contribution in [0, 0.1) is 6.92 Å². The van der Waals surface area contributed by atoms with Crippen molar-refractivity contribution in [3.63, 3.8) is 0 Å². The first-order valence-corrected chi connectivity index (χ1v) is 7.92. The molecule has 2 amide bonds. The minimum atomic E-state index is -0.539. The lowest BCUT2D eigenvalue weighted by Crippen LogP contribution is -2.22. The van der Waals surface area contributed by atoms with Crippen LogP contribution in [0.4, 0.5) is 5.69 Å². The number of nitrogens with zero attached hydrogens (tertiary/aromatic N) is 1. The largest absolute Gasteiger partial charge is 0.484 e. The average molecular weight is 341 g/mol. The Kier molecular flexibility index (Phi) is 6.14.